The van der Waals surface area contributed by atoms with E-state index < -0.39 is 0 Å². The normalized spacial score (nSPS) is 17.1. The van der Waals surface area contributed by atoms with Crippen LogP contribution < -0.4 is 4.74 Å². The van der Waals surface area contributed by atoms with Gasteiger partial charge in [-0.05, 0) is 17.7 Å². The molecule has 29 heavy (non-hydrogen) atoms. The van der Waals surface area contributed by atoms with E-state index in [4.69, 9.17) is 4.74 Å². The lowest BCUT2D eigenvalue weighted by molar-refractivity contribution is 0.0945. The summed E-state index contributed by atoms with van der Waals surface area (Å²) in [5.41, 5.74) is 1.09. The fourth-order valence-corrected chi connectivity index (χ4v) is 4.96. The van der Waals surface area contributed by atoms with Crippen molar-refractivity contribution in [3.63, 3.8) is 0 Å². The predicted molar refractivity (Wildman–Crippen MR) is 112 cm³/mol. The monoisotopic (exact) mass is 417 g/mol. The maximum atomic E-state index is 11.0. The van der Waals surface area contributed by atoms with Crippen LogP contribution in [0.4, 0.5) is 0 Å². The molecule has 1 aliphatic rings. The zero-order valence-electron chi connectivity index (χ0n) is 16.8. The quantitative estimate of drug-likeness (QED) is 0.606. The summed E-state index contributed by atoms with van der Waals surface area (Å²) in [5.74, 6) is 1.70. The average Bonchev–Trinajstić information content (AvgIpc) is 3.29. The van der Waals surface area contributed by atoms with E-state index in [0.29, 0.717) is 11.5 Å². The molecule has 0 bridgehead atoms. The highest BCUT2D eigenvalue weighted by molar-refractivity contribution is 7.17. The maximum Gasteiger partial charge on any atom is 0.230 e. The topological polar surface area (TPSA) is 86.4 Å². The molecule has 0 unspecified atom stereocenters. The van der Waals surface area contributed by atoms with Crippen molar-refractivity contribution in [1.29, 1.82) is 0 Å². The Morgan fingerprint density at radius 1 is 1.17 bits per heavy atom. The van der Waals surface area contributed by atoms with Crippen LogP contribution in [-0.4, -0.2) is 81.1 Å². The molecule has 1 fully saturated rings. The van der Waals surface area contributed by atoms with Crippen LogP contribution >= 0.6 is 11.3 Å². The number of hydrogen-bond acceptors (Lipinski definition) is 8. The Kier molecular flexibility index (Phi) is 6.00. The Balaban J connectivity index is 1.70. The molecule has 0 saturated carbocycles. The lowest BCUT2D eigenvalue weighted by Gasteiger charge is -2.39. The van der Waals surface area contributed by atoms with Crippen molar-refractivity contribution in [2.45, 2.75) is 19.4 Å². The van der Waals surface area contributed by atoms with Gasteiger partial charge in [0.1, 0.15) is 5.75 Å². The van der Waals surface area contributed by atoms with Gasteiger partial charge in [0.15, 0.2) is 5.82 Å². The molecule has 0 spiro atoms. The molecule has 156 valence electrons. The second kappa shape index (κ2) is 8.66. The molecule has 9 heteroatoms. The van der Waals surface area contributed by atoms with Crippen LogP contribution in [0.2, 0.25) is 0 Å². The van der Waals surface area contributed by atoms with Gasteiger partial charge in [-0.3, -0.25) is 9.80 Å². The highest BCUT2D eigenvalue weighted by atomic mass is 32.1. The summed E-state index contributed by atoms with van der Waals surface area (Å²) >= 11 is 1.49. The van der Waals surface area contributed by atoms with Gasteiger partial charge >= 0.3 is 0 Å². The van der Waals surface area contributed by atoms with Crippen molar-refractivity contribution in [2.24, 2.45) is 0 Å². The number of fused-ring (bicyclic) bond motifs is 1. The number of methoxy groups -OCH3 is 1. The van der Waals surface area contributed by atoms with Gasteiger partial charge < -0.3 is 14.9 Å². The SMILES string of the molecule is CCc1nc2sc([C@H](c3ccc(OC)cc3)N3CCN(CCO)CC3)c(O)n2n1. The van der Waals surface area contributed by atoms with Gasteiger partial charge in [-0.1, -0.05) is 30.4 Å². The fourth-order valence-electron chi connectivity index (χ4n) is 3.82. The van der Waals surface area contributed by atoms with E-state index in [2.05, 4.69) is 32.0 Å². The molecule has 1 aromatic carbocycles. The van der Waals surface area contributed by atoms with E-state index in [1.54, 1.807) is 11.6 Å². The van der Waals surface area contributed by atoms with Crippen LogP contribution in [0.3, 0.4) is 0 Å². The maximum absolute atomic E-state index is 11.0. The summed E-state index contributed by atoms with van der Waals surface area (Å²) in [6.45, 7) is 6.35. The zero-order valence-corrected chi connectivity index (χ0v) is 17.6. The highest BCUT2D eigenvalue weighted by Crippen LogP contribution is 2.40. The third-order valence-electron chi connectivity index (χ3n) is 5.43. The molecule has 2 aromatic heterocycles. The summed E-state index contributed by atoms with van der Waals surface area (Å²) in [6.07, 6.45) is 0.734. The van der Waals surface area contributed by atoms with Gasteiger partial charge in [0.2, 0.25) is 10.8 Å². The Hall–Kier alpha value is -2.20. The molecule has 0 aliphatic carbocycles. The first kappa shape index (κ1) is 20.1. The summed E-state index contributed by atoms with van der Waals surface area (Å²) in [7, 11) is 1.66. The van der Waals surface area contributed by atoms with Gasteiger partial charge in [-0.15, -0.1) is 5.10 Å². The lowest BCUT2D eigenvalue weighted by Crippen LogP contribution is -2.48. The molecule has 8 nitrogen and oxygen atoms in total. The number of aliphatic hydroxyl groups excluding tert-OH is 1. The molecule has 1 saturated heterocycles. The molecule has 0 radical (unpaired) electrons. The third kappa shape index (κ3) is 3.95. The number of aliphatic hydroxyl groups is 1. The number of thiazole rings is 1. The summed E-state index contributed by atoms with van der Waals surface area (Å²) in [4.78, 5) is 10.7. The zero-order chi connectivity index (χ0) is 20.4. The van der Waals surface area contributed by atoms with E-state index in [1.165, 1.54) is 11.3 Å². The second-order valence-corrected chi connectivity index (χ2v) is 8.15. The van der Waals surface area contributed by atoms with Gasteiger partial charge in [-0.25, -0.2) is 4.98 Å². The Morgan fingerprint density at radius 2 is 1.90 bits per heavy atom. The molecule has 3 aromatic rings. The van der Waals surface area contributed by atoms with Crippen LogP contribution in [0.5, 0.6) is 11.6 Å². The van der Waals surface area contributed by atoms with Crippen LogP contribution in [0.1, 0.15) is 29.2 Å². The number of benzene rings is 1. The van der Waals surface area contributed by atoms with Gasteiger partial charge in [0.05, 0.1) is 24.6 Å². The molecular formula is C20H27N5O3S. The number of piperazine rings is 1. The van der Waals surface area contributed by atoms with Gasteiger partial charge in [-0.2, -0.15) is 4.52 Å². The fraction of sp³-hybridized carbons (Fsp3) is 0.500. The van der Waals surface area contributed by atoms with Crippen LogP contribution in [0, 0.1) is 0 Å². The van der Waals surface area contributed by atoms with E-state index in [9.17, 15) is 10.2 Å². The minimum atomic E-state index is -0.0873. The number of rotatable bonds is 7. The van der Waals surface area contributed by atoms with Crippen molar-refractivity contribution < 1.29 is 14.9 Å². The Bertz CT molecular complexity index is 947. The van der Waals surface area contributed by atoms with E-state index in [-0.39, 0.29) is 18.5 Å². The van der Waals surface area contributed by atoms with Crippen molar-refractivity contribution >= 4 is 16.3 Å². The average molecular weight is 418 g/mol. The lowest BCUT2D eigenvalue weighted by atomic mass is 10.0. The summed E-state index contributed by atoms with van der Waals surface area (Å²) in [5, 5.41) is 24.6. The summed E-state index contributed by atoms with van der Waals surface area (Å²) < 4.78 is 6.86. The van der Waals surface area contributed by atoms with Crippen LogP contribution in [-0.2, 0) is 6.42 Å². The summed E-state index contributed by atoms with van der Waals surface area (Å²) in [6, 6.07) is 7.92. The number of aromatic nitrogens is 3. The molecule has 1 aliphatic heterocycles. The number of ether oxygens (including phenoxy) is 1. The van der Waals surface area contributed by atoms with Gasteiger partial charge in [0, 0.05) is 39.1 Å². The first-order chi connectivity index (χ1) is 14.1. The highest BCUT2D eigenvalue weighted by Gasteiger charge is 2.31. The molecule has 2 N–H and O–H groups in total. The largest absolute Gasteiger partial charge is 0.497 e. The number of hydrogen-bond donors (Lipinski definition) is 2. The van der Waals surface area contributed by atoms with Crippen molar-refractivity contribution in [1.82, 2.24) is 24.4 Å². The van der Waals surface area contributed by atoms with Crippen molar-refractivity contribution in [3.8, 4) is 11.6 Å². The van der Waals surface area contributed by atoms with Gasteiger partial charge in [0.25, 0.3) is 0 Å². The molecule has 3 heterocycles. The molecule has 1 atom stereocenters. The minimum Gasteiger partial charge on any atom is -0.497 e. The Morgan fingerprint density at radius 3 is 2.48 bits per heavy atom. The Labute approximate surface area is 174 Å². The smallest absolute Gasteiger partial charge is 0.230 e. The third-order valence-corrected chi connectivity index (χ3v) is 6.50. The number of β-amino-alcohol motifs (C(OH)–C–C–N with tert-alkyl or cyclic N) is 1. The van der Waals surface area contributed by atoms with Crippen molar-refractivity contribution in [2.75, 3.05) is 46.4 Å². The standard InChI is InChI=1S/C20H27N5O3S/c1-3-16-21-20-25(22-16)19(27)18(29-20)17(14-4-6-15(28-2)7-5-14)24-10-8-23(9-11-24)12-13-26/h4-7,17,26-27H,3,8-13H2,1-2H3/t17-/m0/s1. The molecule has 0 amide bonds. The second-order valence-electron chi connectivity index (χ2n) is 7.14. The van der Waals surface area contributed by atoms with Crippen LogP contribution in [0.15, 0.2) is 24.3 Å². The van der Waals surface area contributed by atoms with E-state index >= 15 is 0 Å². The predicted octanol–water partition coefficient (Wildman–Crippen LogP) is 1.77. The number of nitrogens with zero attached hydrogens (tertiary/aromatic N) is 5. The molecular weight excluding hydrogens is 390 g/mol. The first-order valence-electron chi connectivity index (χ1n) is 9.93. The van der Waals surface area contributed by atoms with E-state index in [0.717, 1.165) is 54.6 Å². The van der Waals surface area contributed by atoms with E-state index in [1.807, 2.05) is 19.1 Å². The first-order valence-corrected chi connectivity index (χ1v) is 10.7. The van der Waals surface area contributed by atoms with Crippen molar-refractivity contribution in [3.05, 3.63) is 40.5 Å². The number of aryl methyl sites for hydroxylation is 1. The number of aromatic hydroxyl groups is 1. The molecule has 4 rings (SSSR count). The minimum absolute atomic E-state index is 0.0873. The van der Waals surface area contributed by atoms with Crippen LogP contribution in [0.25, 0.3) is 4.96 Å².